The van der Waals surface area contributed by atoms with Crippen LogP contribution in [0, 0.1) is 0 Å². The smallest absolute Gasteiger partial charge is 0.306 e. The average molecular weight is 522 g/mol. The summed E-state index contributed by atoms with van der Waals surface area (Å²) in [5.41, 5.74) is 0. The van der Waals surface area contributed by atoms with E-state index in [9.17, 15) is 19.2 Å². The van der Waals surface area contributed by atoms with Gasteiger partial charge in [-0.1, -0.05) is 12.2 Å². The van der Waals surface area contributed by atoms with Crippen LogP contribution < -0.4 is 0 Å². The molecule has 1 aliphatic heterocycles. The molecule has 1 atom stereocenters. The Balaban J connectivity index is 1.28. The zero-order valence-electron chi connectivity index (χ0n) is 22.0. The van der Waals surface area contributed by atoms with E-state index < -0.39 is 0 Å². The average Bonchev–Trinajstić information content (AvgIpc) is 3.18. The SMILES string of the molecule is O=C(CCCCOCCOCCOCCCCC(=O)OC1CC/C=C/CCC1)CCN1C(=O)C=CC1=O. The molecule has 1 aliphatic carbocycles. The van der Waals surface area contributed by atoms with E-state index in [1.54, 1.807) is 0 Å². The fourth-order valence-electron chi connectivity index (χ4n) is 4.04. The van der Waals surface area contributed by atoms with Gasteiger partial charge in [0.25, 0.3) is 11.8 Å². The molecule has 0 aromatic carbocycles. The lowest BCUT2D eigenvalue weighted by Gasteiger charge is -2.18. The Labute approximate surface area is 220 Å². The topological polar surface area (TPSA) is 108 Å². The van der Waals surface area contributed by atoms with Crippen molar-refractivity contribution in [2.75, 3.05) is 46.2 Å². The Morgan fingerprint density at radius 2 is 1.32 bits per heavy atom. The van der Waals surface area contributed by atoms with Gasteiger partial charge in [-0.05, 0) is 57.8 Å². The van der Waals surface area contributed by atoms with Crippen molar-refractivity contribution in [3.8, 4) is 0 Å². The van der Waals surface area contributed by atoms with Crippen LogP contribution in [0.25, 0.3) is 0 Å². The van der Waals surface area contributed by atoms with Crippen molar-refractivity contribution in [1.29, 1.82) is 0 Å². The van der Waals surface area contributed by atoms with Crippen molar-refractivity contribution in [2.45, 2.75) is 83.2 Å². The molecule has 0 spiro atoms. The normalized spacial score (nSPS) is 18.6. The summed E-state index contributed by atoms with van der Waals surface area (Å²) in [7, 11) is 0. The van der Waals surface area contributed by atoms with Crippen molar-refractivity contribution < 1.29 is 38.1 Å². The Kier molecular flexibility index (Phi) is 16.4. The predicted octanol–water partition coefficient (Wildman–Crippen LogP) is 3.69. The summed E-state index contributed by atoms with van der Waals surface area (Å²) in [6, 6.07) is 0. The number of unbranched alkanes of at least 4 members (excludes halogenated alkanes) is 2. The highest BCUT2D eigenvalue weighted by Crippen LogP contribution is 2.16. The van der Waals surface area contributed by atoms with Gasteiger partial charge in [-0.3, -0.25) is 24.1 Å². The van der Waals surface area contributed by atoms with Gasteiger partial charge in [-0.25, -0.2) is 0 Å². The summed E-state index contributed by atoms with van der Waals surface area (Å²) >= 11 is 0. The molecular formula is C28H43NO8. The van der Waals surface area contributed by atoms with Gasteiger partial charge in [-0.2, -0.15) is 0 Å². The number of hydrogen-bond donors (Lipinski definition) is 0. The molecule has 0 fully saturated rings. The van der Waals surface area contributed by atoms with Crippen LogP contribution in [-0.4, -0.2) is 80.8 Å². The number of Topliss-reactive ketones (excluding diaryl/α,β-unsaturated/α-hetero) is 1. The molecule has 37 heavy (non-hydrogen) atoms. The van der Waals surface area contributed by atoms with Crippen molar-refractivity contribution in [3.05, 3.63) is 24.3 Å². The minimum Gasteiger partial charge on any atom is -0.462 e. The van der Waals surface area contributed by atoms with Crippen molar-refractivity contribution in [3.63, 3.8) is 0 Å². The Hall–Kier alpha value is -2.36. The van der Waals surface area contributed by atoms with E-state index in [2.05, 4.69) is 12.2 Å². The summed E-state index contributed by atoms with van der Waals surface area (Å²) in [5, 5.41) is 0. The third kappa shape index (κ3) is 14.8. The molecule has 2 amide bonds. The first-order valence-corrected chi connectivity index (χ1v) is 13.7. The van der Waals surface area contributed by atoms with Crippen LogP contribution in [-0.2, 0) is 38.1 Å². The van der Waals surface area contributed by atoms with E-state index in [1.165, 1.54) is 12.2 Å². The van der Waals surface area contributed by atoms with Gasteiger partial charge >= 0.3 is 5.97 Å². The zero-order chi connectivity index (χ0) is 26.6. The Morgan fingerprint density at radius 3 is 2.00 bits per heavy atom. The second kappa shape index (κ2) is 19.7. The highest BCUT2D eigenvalue weighted by molar-refractivity contribution is 6.13. The fourth-order valence-corrected chi connectivity index (χ4v) is 4.04. The summed E-state index contributed by atoms with van der Waals surface area (Å²) in [6.07, 6.45) is 16.0. The molecule has 2 rings (SSSR count). The molecule has 0 bridgehead atoms. The number of amides is 2. The summed E-state index contributed by atoms with van der Waals surface area (Å²) in [5.74, 6) is -0.770. The van der Waals surface area contributed by atoms with Gasteiger partial charge in [0.15, 0.2) is 0 Å². The van der Waals surface area contributed by atoms with E-state index in [4.69, 9.17) is 18.9 Å². The maximum absolute atomic E-state index is 12.0. The predicted molar refractivity (Wildman–Crippen MR) is 138 cm³/mol. The second-order valence-corrected chi connectivity index (χ2v) is 9.29. The molecule has 1 unspecified atom stereocenters. The number of carbonyl (C=O) groups is 4. The second-order valence-electron chi connectivity index (χ2n) is 9.29. The van der Waals surface area contributed by atoms with Crippen LogP contribution in [0.2, 0.25) is 0 Å². The molecule has 0 saturated heterocycles. The lowest BCUT2D eigenvalue weighted by atomic mass is 10.0. The Bertz CT molecular complexity index is 745. The lowest BCUT2D eigenvalue weighted by molar-refractivity contribution is -0.150. The van der Waals surface area contributed by atoms with Gasteiger partial charge in [-0.15, -0.1) is 0 Å². The molecule has 208 valence electrons. The van der Waals surface area contributed by atoms with Crippen molar-refractivity contribution >= 4 is 23.6 Å². The summed E-state index contributed by atoms with van der Waals surface area (Å²) in [6.45, 7) is 3.27. The first kappa shape index (κ1) is 30.9. The first-order valence-electron chi connectivity index (χ1n) is 13.7. The van der Waals surface area contributed by atoms with Gasteiger partial charge in [0.2, 0.25) is 0 Å². The number of rotatable bonds is 20. The van der Waals surface area contributed by atoms with Crippen LogP contribution >= 0.6 is 0 Å². The summed E-state index contributed by atoms with van der Waals surface area (Å²) < 4.78 is 22.1. The molecular weight excluding hydrogens is 478 g/mol. The molecule has 0 radical (unpaired) electrons. The monoisotopic (exact) mass is 521 g/mol. The number of ether oxygens (including phenoxy) is 4. The van der Waals surface area contributed by atoms with E-state index in [-0.39, 0.29) is 42.6 Å². The van der Waals surface area contributed by atoms with Crippen LogP contribution in [0.5, 0.6) is 0 Å². The van der Waals surface area contributed by atoms with Gasteiger partial charge in [0.1, 0.15) is 11.9 Å². The number of allylic oxidation sites excluding steroid dienone is 2. The molecule has 0 saturated carbocycles. The lowest BCUT2D eigenvalue weighted by Crippen LogP contribution is -2.32. The molecule has 2 aliphatic rings. The van der Waals surface area contributed by atoms with E-state index in [1.807, 2.05) is 0 Å². The van der Waals surface area contributed by atoms with Crippen LogP contribution in [0.3, 0.4) is 0 Å². The minimum absolute atomic E-state index is 0.0405. The van der Waals surface area contributed by atoms with Gasteiger partial charge < -0.3 is 18.9 Å². The van der Waals surface area contributed by atoms with Gasteiger partial charge in [0, 0.05) is 51.2 Å². The third-order valence-corrected chi connectivity index (χ3v) is 6.19. The number of esters is 1. The number of imide groups is 1. The maximum atomic E-state index is 12.0. The van der Waals surface area contributed by atoms with Gasteiger partial charge in [0.05, 0.1) is 26.4 Å². The largest absolute Gasteiger partial charge is 0.462 e. The molecule has 9 nitrogen and oxygen atoms in total. The number of ketones is 1. The molecule has 0 N–H and O–H groups in total. The highest BCUT2D eigenvalue weighted by Gasteiger charge is 2.23. The van der Waals surface area contributed by atoms with Crippen LogP contribution in [0.4, 0.5) is 0 Å². The third-order valence-electron chi connectivity index (χ3n) is 6.19. The van der Waals surface area contributed by atoms with Crippen molar-refractivity contribution in [2.24, 2.45) is 0 Å². The highest BCUT2D eigenvalue weighted by atomic mass is 16.5. The van der Waals surface area contributed by atoms with Crippen molar-refractivity contribution in [1.82, 2.24) is 4.90 Å². The minimum atomic E-state index is -0.354. The number of nitrogens with zero attached hydrogens (tertiary/aromatic N) is 1. The molecule has 0 aromatic heterocycles. The van der Waals surface area contributed by atoms with Crippen LogP contribution in [0.15, 0.2) is 24.3 Å². The zero-order valence-corrected chi connectivity index (χ0v) is 22.0. The van der Waals surface area contributed by atoms with E-state index in [0.29, 0.717) is 58.9 Å². The van der Waals surface area contributed by atoms with E-state index in [0.717, 1.165) is 56.3 Å². The number of carbonyl (C=O) groups excluding carboxylic acids is 4. The molecule has 1 heterocycles. The molecule has 0 aromatic rings. The molecule has 9 heteroatoms. The Morgan fingerprint density at radius 1 is 0.730 bits per heavy atom. The number of hydrogen-bond acceptors (Lipinski definition) is 8. The fraction of sp³-hybridized carbons (Fsp3) is 0.714. The van der Waals surface area contributed by atoms with Crippen LogP contribution in [0.1, 0.15) is 77.0 Å². The quantitative estimate of drug-likeness (QED) is 0.103. The summed E-state index contributed by atoms with van der Waals surface area (Å²) in [4.78, 5) is 47.9. The van der Waals surface area contributed by atoms with E-state index >= 15 is 0 Å². The standard InChI is InChI=1S/C28H43NO8/c30-24(16-17-29-26(31)14-15-27(29)32)10-6-8-18-34-20-22-36-23-21-35-19-9-7-13-28(33)37-25-11-4-2-1-3-5-12-25/h1-2,14-15,25H,3-13,16-23H2/b2-1+. The maximum Gasteiger partial charge on any atom is 0.306 e. The first-order chi connectivity index (χ1) is 18.1.